The van der Waals surface area contributed by atoms with Crippen molar-refractivity contribution >= 4 is 0 Å². The molecular weight excluding hydrogens is 568 g/mol. The fraction of sp³-hybridized carbons (Fsp3) is 0.200. The van der Waals surface area contributed by atoms with E-state index < -0.39 is 64.7 Å². The monoisotopic (exact) mass is 594 g/mol. The van der Waals surface area contributed by atoms with Crippen LogP contribution >= 0.6 is 0 Å². The smallest absolute Gasteiger partial charge is 0.267 e. The molecule has 6 rings (SSSR count). The molecule has 2 aliphatic rings. The maximum atomic E-state index is 11.6. The number of ether oxygens (including phenoxy) is 3. The molecule has 0 radical (unpaired) electrons. The zero-order valence-corrected chi connectivity index (χ0v) is 22.0. The number of aromatic hydroxyl groups is 8. The number of rotatable bonds is 4. The van der Waals surface area contributed by atoms with Crippen LogP contribution in [0.4, 0.5) is 0 Å². The van der Waals surface area contributed by atoms with Gasteiger partial charge in [0.2, 0.25) is 0 Å². The molecule has 5 atom stereocenters. The molecular formula is C30H26O13. The van der Waals surface area contributed by atoms with E-state index in [4.69, 9.17) is 14.2 Å². The molecule has 4 aromatic carbocycles. The summed E-state index contributed by atoms with van der Waals surface area (Å²) >= 11 is 0. The van der Waals surface area contributed by atoms with Crippen LogP contribution in [0.3, 0.4) is 0 Å². The van der Waals surface area contributed by atoms with Crippen molar-refractivity contribution in [2.45, 2.75) is 36.6 Å². The lowest BCUT2D eigenvalue weighted by atomic mass is 9.87. The minimum atomic E-state index is -2.42. The summed E-state index contributed by atoms with van der Waals surface area (Å²) < 4.78 is 18.7. The Hall–Kier alpha value is -5.24. The molecule has 0 spiro atoms. The standard InChI is InChI=1S/C30H26O13/c31-14-7-19(35)16-11-25(28(41-23(16)9-14)12-1-3-17(33)20(36)5-12)43-30(13-2-4-18(34)21(37)6-13)29(40)27(39)26-22(38)8-15(32)10-24(26)42-30/h1-10,25,27-29,31-40H,11H2/t25-,27-,28+,29+,30-/m1/s1. The van der Waals surface area contributed by atoms with Gasteiger partial charge in [-0.3, -0.25) is 0 Å². The maximum Gasteiger partial charge on any atom is 0.267 e. The second kappa shape index (κ2) is 9.94. The summed E-state index contributed by atoms with van der Waals surface area (Å²) in [6.45, 7) is 0. The Morgan fingerprint density at radius 3 is 1.95 bits per heavy atom. The predicted octanol–water partition coefficient (Wildman–Crippen LogP) is 2.73. The minimum absolute atomic E-state index is 0.0663. The first kappa shape index (κ1) is 27.9. The summed E-state index contributed by atoms with van der Waals surface area (Å²) in [5, 5.41) is 104. The summed E-state index contributed by atoms with van der Waals surface area (Å²) in [5.41, 5.74) is 0.0630. The summed E-state index contributed by atoms with van der Waals surface area (Å²) in [6.07, 6.45) is -6.47. The Kier molecular flexibility index (Phi) is 6.45. The highest BCUT2D eigenvalue weighted by Crippen LogP contribution is 2.53. The van der Waals surface area contributed by atoms with Crippen LogP contribution in [0.15, 0.2) is 60.7 Å². The summed E-state index contributed by atoms with van der Waals surface area (Å²) in [5.74, 6) is -6.38. The Morgan fingerprint density at radius 2 is 1.28 bits per heavy atom. The summed E-state index contributed by atoms with van der Waals surface area (Å²) in [7, 11) is 0. The van der Waals surface area contributed by atoms with Crippen LogP contribution < -0.4 is 9.47 Å². The third kappa shape index (κ3) is 4.55. The van der Waals surface area contributed by atoms with Crippen molar-refractivity contribution in [2.24, 2.45) is 0 Å². The van der Waals surface area contributed by atoms with Crippen LogP contribution in [0, 0.1) is 0 Å². The number of hydrogen-bond donors (Lipinski definition) is 10. The SMILES string of the molecule is Oc1cc(O)c2c(c1)O[C@@H](c1ccc(O)c(O)c1)[C@H](O[C@@]1(c3ccc(O)c(O)c3)Oc3cc(O)cc(O)c3[C@@H](O)[C@@H]1O)C2. The number of phenolic OH excluding ortho intramolecular Hbond substituents is 8. The van der Waals surface area contributed by atoms with Gasteiger partial charge in [0.05, 0.1) is 5.56 Å². The van der Waals surface area contributed by atoms with Crippen molar-refractivity contribution in [3.63, 3.8) is 0 Å². The molecule has 10 N–H and O–H groups in total. The largest absolute Gasteiger partial charge is 0.508 e. The molecule has 224 valence electrons. The lowest BCUT2D eigenvalue weighted by molar-refractivity contribution is -0.307. The van der Waals surface area contributed by atoms with Gasteiger partial charge in [-0.05, 0) is 35.9 Å². The molecule has 0 bridgehead atoms. The van der Waals surface area contributed by atoms with E-state index in [9.17, 15) is 51.1 Å². The van der Waals surface area contributed by atoms with Gasteiger partial charge in [-0.2, -0.15) is 0 Å². The first-order chi connectivity index (χ1) is 20.4. The number of fused-ring (bicyclic) bond motifs is 2. The third-order valence-corrected chi connectivity index (χ3v) is 7.55. The highest BCUT2D eigenvalue weighted by molar-refractivity contribution is 5.55. The lowest BCUT2D eigenvalue weighted by Crippen LogP contribution is -2.55. The van der Waals surface area contributed by atoms with Crippen molar-refractivity contribution in [3.8, 4) is 57.5 Å². The molecule has 0 aliphatic carbocycles. The Balaban J connectivity index is 1.54. The van der Waals surface area contributed by atoms with Crippen molar-refractivity contribution in [1.29, 1.82) is 0 Å². The fourth-order valence-electron chi connectivity index (χ4n) is 5.48. The van der Waals surface area contributed by atoms with E-state index in [1.807, 2.05) is 0 Å². The van der Waals surface area contributed by atoms with Crippen LogP contribution in [0.1, 0.15) is 34.5 Å². The molecule has 43 heavy (non-hydrogen) atoms. The molecule has 2 heterocycles. The molecule has 0 aromatic heterocycles. The topological polar surface area (TPSA) is 230 Å². The number of aliphatic hydroxyl groups is 2. The average molecular weight is 595 g/mol. The predicted molar refractivity (Wildman–Crippen MR) is 144 cm³/mol. The Morgan fingerprint density at radius 1 is 0.651 bits per heavy atom. The van der Waals surface area contributed by atoms with E-state index in [0.29, 0.717) is 0 Å². The van der Waals surface area contributed by atoms with E-state index in [2.05, 4.69) is 0 Å². The van der Waals surface area contributed by atoms with Crippen LogP contribution in [-0.2, 0) is 16.9 Å². The van der Waals surface area contributed by atoms with Gasteiger partial charge in [0.25, 0.3) is 5.79 Å². The van der Waals surface area contributed by atoms with E-state index in [1.54, 1.807) is 0 Å². The van der Waals surface area contributed by atoms with Gasteiger partial charge in [0.1, 0.15) is 46.7 Å². The molecule has 4 aromatic rings. The molecule has 0 amide bonds. The lowest BCUT2D eigenvalue weighted by Gasteiger charge is -2.47. The first-order valence-electron chi connectivity index (χ1n) is 12.9. The van der Waals surface area contributed by atoms with Gasteiger partial charge >= 0.3 is 0 Å². The van der Waals surface area contributed by atoms with Crippen LogP contribution in [0.5, 0.6) is 57.5 Å². The Bertz CT molecular complexity index is 1740. The number of aliphatic hydroxyl groups excluding tert-OH is 2. The highest BCUT2D eigenvalue weighted by Gasteiger charge is 2.56. The number of phenols is 8. The molecule has 0 unspecified atom stereocenters. The molecule has 13 nitrogen and oxygen atoms in total. The molecule has 0 saturated heterocycles. The van der Waals surface area contributed by atoms with Gasteiger partial charge in [-0.1, -0.05) is 6.07 Å². The van der Waals surface area contributed by atoms with Gasteiger partial charge in [0, 0.05) is 41.8 Å². The van der Waals surface area contributed by atoms with Gasteiger partial charge in [0.15, 0.2) is 35.2 Å². The second-order valence-electron chi connectivity index (χ2n) is 10.3. The fourth-order valence-corrected chi connectivity index (χ4v) is 5.48. The minimum Gasteiger partial charge on any atom is -0.508 e. The molecule has 13 heteroatoms. The van der Waals surface area contributed by atoms with Gasteiger partial charge in [-0.25, -0.2) is 0 Å². The number of hydrogen-bond acceptors (Lipinski definition) is 13. The first-order valence-corrected chi connectivity index (χ1v) is 12.9. The number of benzene rings is 4. The van der Waals surface area contributed by atoms with Crippen molar-refractivity contribution in [3.05, 3.63) is 82.9 Å². The van der Waals surface area contributed by atoms with Crippen LogP contribution in [0.2, 0.25) is 0 Å². The highest BCUT2D eigenvalue weighted by atomic mass is 16.7. The summed E-state index contributed by atoms with van der Waals surface area (Å²) in [6, 6.07) is 11.5. The molecule has 0 saturated carbocycles. The van der Waals surface area contributed by atoms with Crippen molar-refractivity contribution < 1.29 is 65.3 Å². The molecule has 2 aliphatic heterocycles. The zero-order valence-electron chi connectivity index (χ0n) is 22.0. The summed E-state index contributed by atoms with van der Waals surface area (Å²) in [4.78, 5) is 0. The van der Waals surface area contributed by atoms with Gasteiger partial charge in [-0.15, -0.1) is 0 Å². The van der Waals surface area contributed by atoms with Crippen LogP contribution in [-0.4, -0.2) is 63.3 Å². The Labute approximate surface area is 242 Å². The average Bonchev–Trinajstić information content (AvgIpc) is 2.94. The zero-order chi connectivity index (χ0) is 30.8. The van der Waals surface area contributed by atoms with Gasteiger partial charge < -0.3 is 65.3 Å². The van der Waals surface area contributed by atoms with E-state index in [-0.39, 0.29) is 51.7 Å². The third-order valence-electron chi connectivity index (χ3n) is 7.55. The second-order valence-corrected chi connectivity index (χ2v) is 10.3. The van der Waals surface area contributed by atoms with Crippen molar-refractivity contribution in [1.82, 2.24) is 0 Å². The quantitative estimate of drug-likeness (QED) is 0.153. The normalized spacial score (nSPS) is 24.3. The molecule has 0 fully saturated rings. The van der Waals surface area contributed by atoms with Crippen LogP contribution in [0.25, 0.3) is 0 Å². The van der Waals surface area contributed by atoms with E-state index >= 15 is 0 Å². The maximum absolute atomic E-state index is 11.6. The van der Waals surface area contributed by atoms with E-state index in [1.165, 1.54) is 30.3 Å². The van der Waals surface area contributed by atoms with E-state index in [0.717, 1.165) is 30.3 Å². The van der Waals surface area contributed by atoms with Crippen molar-refractivity contribution in [2.75, 3.05) is 0 Å².